The highest BCUT2D eigenvalue weighted by Crippen LogP contribution is 2.18. The highest BCUT2D eigenvalue weighted by atomic mass is 16.5. The number of aromatic nitrogens is 4. The summed E-state index contributed by atoms with van der Waals surface area (Å²) in [5, 5.41) is 15.8. The number of hydrogen-bond donors (Lipinski definition) is 1. The van der Waals surface area contributed by atoms with E-state index in [-0.39, 0.29) is 12.5 Å². The minimum absolute atomic E-state index is 0.184. The normalized spacial score (nSPS) is 10.8. The molecular formula is C21H19N5O2. The fourth-order valence-electron chi connectivity index (χ4n) is 2.98. The van der Waals surface area contributed by atoms with Gasteiger partial charge in [0.2, 0.25) is 0 Å². The van der Waals surface area contributed by atoms with E-state index < -0.39 is 0 Å². The summed E-state index contributed by atoms with van der Waals surface area (Å²) in [6, 6.07) is 19.0. The molecule has 0 bridgehead atoms. The van der Waals surface area contributed by atoms with Crippen LogP contribution < -0.4 is 10.1 Å². The van der Waals surface area contributed by atoms with Crippen LogP contribution >= 0.6 is 0 Å². The van der Waals surface area contributed by atoms with Crippen molar-refractivity contribution in [2.24, 2.45) is 0 Å². The minimum Gasteiger partial charge on any atom is -0.497 e. The van der Waals surface area contributed by atoms with E-state index in [1.54, 1.807) is 23.8 Å². The maximum Gasteiger partial charge on any atom is 0.251 e. The second-order valence-corrected chi connectivity index (χ2v) is 6.33. The van der Waals surface area contributed by atoms with Crippen LogP contribution in [-0.2, 0) is 6.54 Å². The average molecular weight is 373 g/mol. The molecule has 7 heteroatoms. The van der Waals surface area contributed by atoms with Gasteiger partial charge in [-0.05, 0) is 42.8 Å². The van der Waals surface area contributed by atoms with Gasteiger partial charge in [-0.15, -0.1) is 10.2 Å². The number of nitrogens with one attached hydrogen (secondary N) is 1. The van der Waals surface area contributed by atoms with Crippen LogP contribution in [0, 0.1) is 6.92 Å². The molecule has 1 amide bonds. The fourth-order valence-corrected chi connectivity index (χ4v) is 2.98. The van der Waals surface area contributed by atoms with Gasteiger partial charge < -0.3 is 10.1 Å². The zero-order valence-corrected chi connectivity index (χ0v) is 15.6. The van der Waals surface area contributed by atoms with Crippen molar-refractivity contribution in [1.82, 2.24) is 25.1 Å². The predicted octanol–water partition coefficient (Wildman–Crippen LogP) is 3.04. The Balaban J connectivity index is 1.56. The minimum atomic E-state index is -0.184. The van der Waals surface area contributed by atoms with E-state index in [1.807, 2.05) is 55.5 Å². The zero-order valence-electron chi connectivity index (χ0n) is 15.6. The monoisotopic (exact) mass is 373 g/mol. The van der Waals surface area contributed by atoms with E-state index in [0.29, 0.717) is 17.0 Å². The number of fused-ring (bicyclic) bond motifs is 1. The molecule has 0 atom stereocenters. The first-order chi connectivity index (χ1) is 13.7. The number of rotatable bonds is 5. The van der Waals surface area contributed by atoms with Crippen molar-refractivity contribution in [2.75, 3.05) is 7.11 Å². The number of ether oxygens (including phenoxy) is 1. The number of nitrogens with zero attached hydrogens (tertiary/aromatic N) is 4. The summed E-state index contributed by atoms with van der Waals surface area (Å²) in [6.45, 7) is 2.09. The lowest BCUT2D eigenvalue weighted by Gasteiger charge is -2.09. The summed E-state index contributed by atoms with van der Waals surface area (Å²) in [4.78, 5) is 12.6. The molecule has 140 valence electrons. The summed E-state index contributed by atoms with van der Waals surface area (Å²) in [7, 11) is 1.60. The average Bonchev–Trinajstić information content (AvgIpc) is 3.14. The third-order valence-corrected chi connectivity index (χ3v) is 4.48. The molecule has 1 N–H and O–H groups in total. The number of amides is 1. The molecule has 2 aromatic heterocycles. The van der Waals surface area contributed by atoms with Gasteiger partial charge in [0.1, 0.15) is 5.75 Å². The van der Waals surface area contributed by atoms with Gasteiger partial charge in [0.15, 0.2) is 11.5 Å². The Bertz CT molecular complexity index is 1140. The molecule has 0 aliphatic carbocycles. The standard InChI is InChI=1S/C21H19N5O2/c1-14-12-16(28-2)8-9-17(14)21(27)22-13-20-24-23-19-11-10-18(25-26(19)20)15-6-4-3-5-7-15/h3-12H,13H2,1-2H3,(H,22,27). The van der Waals surface area contributed by atoms with Crippen LogP contribution in [0.1, 0.15) is 21.7 Å². The van der Waals surface area contributed by atoms with Gasteiger partial charge >= 0.3 is 0 Å². The van der Waals surface area contributed by atoms with Crippen LogP contribution in [0.2, 0.25) is 0 Å². The summed E-state index contributed by atoms with van der Waals surface area (Å²) in [5.74, 6) is 1.10. The van der Waals surface area contributed by atoms with Crippen molar-refractivity contribution >= 4 is 11.6 Å². The van der Waals surface area contributed by atoms with Crippen LogP contribution in [0.15, 0.2) is 60.7 Å². The van der Waals surface area contributed by atoms with Crippen LogP contribution in [-0.4, -0.2) is 32.8 Å². The van der Waals surface area contributed by atoms with E-state index in [9.17, 15) is 4.79 Å². The second-order valence-electron chi connectivity index (χ2n) is 6.33. The Morgan fingerprint density at radius 1 is 1.07 bits per heavy atom. The summed E-state index contributed by atoms with van der Waals surface area (Å²) >= 11 is 0. The number of aryl methyl sites for hydroxylation is 1. The number of benzene rings is 2. The van der Waals surface area contributed by atoms with Gasteiger partial charge in [-0.3, -0.25) is 4.79 Å². The van der Waals surface area contributed by atoms with Gasteiger partial charge in [0, 0.05) is 11.1 Å². The maximum atomic E-state index is 12.6. The quantitative estimate of drug-likeness (QED) is 0.581. The molecule has 0 unspecified atom stereocenters. The van der Waals surface area contributed by atoms with Crippen molar-refractivity contribution in [3.05, 3.63) is 77.6 Å². The smallest absolute Gasteiger partial charge is 0.251 e. The number of carbonyl (C=O) groups is 1. The lowest BCUT2D eigenvalue weighted by Crippen LogP contribution is -2.25. The highest BCUT2D eigenvalue weighted by molar-refractivity contribution is 5.95. The van der Waals surface area contributed by atoms with Crippen LogP contribution in [0.25, 0.3) is 16.9 Å². The molecular weight excluding hydrogens is 354 g/mol. The Labute approximate surface area is 162 Å². The molecule has 0 saturated carbocycles. The van der Waals surface area contributed by atoms with E-state index in [4.69, 9.17) is 4.74 Å². The first-order valence-electron chi connectivity index (χ1n) is 8.85. The molecule has 0 aliphatic heterocycles. The SMILES string of the molecule is COc1ccc(C(=O)NCc2nnc3ccc(-c4ccccc4)nn23)c(C)c1. The summed E-state index contributed by atoms with van der Waals surface area (Å²) in [5.41, 5.74) is 3.87. The van der Waals surface area contributed by atoms with E-state index in [2.05, 4.69) is 20.6 Å². The van der Waals surface area contributed by atoms with Crippen molar-refractivity contribution in [3.8, 4) is 17.0 Å². The Morgan fingerprint density at radius 3 is 2.64 bits per heavy atom. The van der Waals surface area contributed by atoms with E-state index in [1.165, 1.54) is 0 Å². The van der Waals surface area contributed by atoms with Crippen LogP contribution in [0.5, 0.6) is 5.75 Å². The molecule has 0 fully saturated rings. The van der Waals surface area contributed by atoms with Crippen molar-refractivity contribution in [1.29, 1.82) is 0 Å². The molecule has 2 aromatic carbocycles. The number of carbonyl (C=O) groups excluding carboxylic acids is 1. The van der Waals surface area contributed by atoms with Crippen molar-refractivity contribution in [3.63, 3.8) is 0 Å². The molecule has 0 radical (unpaired) electrons. The van der Waals surface area contributed by atoms with E-state index in [0.717, 1.165) is 22.6 Å². The number of methoxy groups -OCH3 is 1. The van der Waals surface area contributed by atoms with Gasteiger partial charge in [-0.25, -0.2) is 0 Å². The number of hydrogen-bond acceptors (Lipinski definition) is 5. The van der Waals surface area contributed by atoms with Gasteiger partial charge in [0.05, 0.1) is 19.3 Å². The molecule has 0 aliphatic rings. The van der Waals surface area contributed by atoms with Crippen LogP contribution in [0.4, 0.5) is 0 Å². The summed E-state index contributed by atoms with van der Waals surface area (Å²) in [6.07, 6.45) is 0. The lowest BCUT2D eigenvalue weighted by atomic mass is 10.1. The fraction of sp³-hybridized carbons (Fsp3) is 0.143. The van der Waals surface area contributed by atoms with E-state index >= 15 is 0 Å². The molecule has 2 heterocycles. The molecule has 28 heavy (non-hydrogen) atoms. The maximum absolute atomic E-state index is 12.6. The van der Waals surface area contributed by atoms with Gasteiger partial charge in [-0.1, -0.05) is 30.3 Å². The Hall–Kier alpha value is -3.74. The summed E-state index contributed by atoms with van der Waals surface area (Å²) < 4.78 is 6.84. The molecule has 7 nitrogen and oxygen atoms in total. The highest BCUT2D eigenvalue weighted by Gasteiger charge is 2.13. The topological polar surface area (TPSA) is 81.4 Å². The molecule has 0 saturated heterocycles. The third kappa shape index (κ3) is 3.42. The largest absolute Gasteiger partial charge is 0.497 e. The molecule has 4 aromatic rings. The van der Waals surface area contributed by atoms with Gasteiger partial charge in [-0.2, -0.15) is 9.61 Å². The third-order valence-electron chi connectivity index (χ3n) is 4.48. The van der Waals surface area contributed by atoms with Crippen LogP contribution in [0.3, 0.4) is 0 Å². The second kappa shape index (κ2) is 7.48. The Kier molecular flexibility index (Phi) is 4.72. The Morgan fingerprint density at radius 2 is 1.89 bits per heavy atom. The predicted molar refractivity (Wildman–Crippen MR) is 105 cm³/mol. The lowest BCUT2D eigenvalue weighted by molar-refractivity contribution is 0.0949. The first kappa shape index (κ1) is 17.7. The van der Waals surface area contributed by atoms with Gasteiger partial charge in [0.25, 0.3) is 5.91 Å². The van der Waals surface area contributed by atoms with Crippen molar-refractivity contribution in [2.45, 2.75) is 13.5 Å². The molecule has 0 spiro atoms. The first-order valence-corrected chi connectivity index (χ1v) is 8.85. The zero-order chi connectivity index (χ0) is 19.5. The molecule has 4 rings (SSSR count). The van der Waals surface area contributed by atoms with Crippen molar-refractivity contribution < 1.29 is 9.53 Å².